The summed E-state index contributed by atoms with van der Waals surface area (Å²) in [6, 6.07) is 15.1. The molecule has 1 amide bonds. The molecule has 2 aromatic rings. The highest BCUT2D eigenvalue weighted by molar-refractivity contribution is 9.10. The Hall–Kier alpha value is -1.65. The molecule has 0 radical (unpaired) electrons. The van der Waals surface area contributed by atoms with Crippen molar-refractivity contribution in [2.24, 2.45) is 5.92 Å². The molecule has 0 unspecified atom stereocenters. The second-order valence-corrected chi connectivity index (χ2v) is 6.54. The second-order valence-electron chi connectivity index (χ2n) is 5.62. The van der Waals surface area contributed by atoms with Crippen LogP contribution in [0.3, 0.4) is 0 Å². The number of amides is 1. The first-order valence-corrected chi connectivity index (χ1v) is 8.23. The van der Waals surface area contributed by atoms with E-state index in [9.17, 15) is 4.79 Å². The fraction of sp³-hybridized carbons (Fsp3) is 0.278. The van der Waals surface area contributed by atoms with Crippen molar-refractivity contribution in [2.75, 3.05) is 11.9 Å². The van der Waals surface area contributed by atoms with E-state index in [1.807, 2.05) is 36.4 Å². The average Bonchev–Trinajstić information content (AvgIpc) is 3.32. The van der Waals surface area contributed by atoms with E-state index in [-0.39, 0.29) is 5.91 Å². The highest BCUT2D eigenvalue weighted by atomic mass is 79.9. The van der Waals surface area contributed by atoms with Crippen LogP contribution in [0.25, 0.3) is 0 Å². The summed E-state index contributed by atoms with van der Waals surface area (Å²) in [7, 11) is 0. The lowest BCUT2D eigenvalue weighted by Crippen LogP contribution is -2.12. The Kier molecular flexibility index (Phi) is 4.90. The quantitative estimate of drug-likeness (QED) is 0.816. The molecule has 0 saturated heterocycles. The van der Waals surface area contributed by atoms with Crippen LogP contribution in [0, 0.1) is 5.92 Å². The fourth-order valence-electron chi connectivity index (χ4n) is 2.20. The summed E-state index contributed by atoms with van der Waals surface area (Å²) in [5, 5.41) is 2.92. The van der Waals surface area contributed by atoms with Crippen molar-refractivity contribution < 1.29 is 9.53 Å². The van der Waals surface area contributed by atoms with Gasteiger partial charge in [0.1, 0.15) is 0 Å². The van der Waals surface area contributed by atoms with Gasteiger partial charge in [-0.3, -0.25) is 4.79 Å². The number of halogens is 1. The summed E-state index contributed by atoms with van der Waals surface area (Å²) in [5.41, 5.74) is 2.50. The number of anilines is 1. The van der Waals surface area contributed by atoms with Crippen molar-refractivity contribution in [1.82, 2.24) is 0 Å². The van der Waals surface area contributed by atoms with Crippen LogP contribution < -0.4 is 5.32 Å². The van der Waals surface area contributed by atoms with Crippen LogP contribution in [0.5, 0.6) is 0 Å². The molecule has 1 N–H and O–H groups in total. The number of hydrogen-bond donors (Lipinski definition) is 1. The molecule has 0 bridgehead atoms. The molecule has 1 fully saturated rings. The lowest BCUT2D eigenvalue weighted by atomic mass is 10.2. The van der Waals surface area contributed by atoms with Gasteiger partial charge in [0.05, 0.1) is 6.61 Å². The smallest absolute Gasteiger partial charge is 0.255 e. The van der Waals surface area contributed by atoms with E-state index in [4.69, 9.17) is 4.74 Å². The zero-order valence-corrected chi connectivity index (χ0v) is 13.8. The molecule has 3 rings (SSSR count). The van der Waals surface area contributed by atoms with Gasteiger partial charge >= 0.3 is 0 Å². The molecule has 2 aromatic carbocycles. The molecule has 1 saturated carbocycles. The van der Waals surface area contributed by atoms with E-state index >= 15 is 0 Å². The van der Waals surface area contributed by atoms with Gasteiger partial charge in [-0.25, -0.2) is 0 Å². The van der Waals surface area contributed by atoms with E-state index < -0.39 is 0 Å². The maximum absolute atomic E-state index is 12.2. The first-order valence-electron chi connectivity index (χ1n) is 7.44. The third-order valence-corrected chi connectivity index (χ3v) is 4.08. The van der Waals surface area contributed by atoms with Crippen LogP contribution in [0.4, 0.5) is 5.69 Å². The van der Waals surface area contributed by atoms with Crippen LogP contribution in [0.15, 0.2) is 53.0 Å². The van der Waals surface area contributed by atoms with Crippen molar-refractivity contribution >= 4 is 27.5 Å². The van der Waals surface area contributed by atoms with Crippen molar-refractivity contribution in [3.63, 3.8) is 0 Å². The summed E-state index contributed by atoms with van der Waals surface area (Å²) in [6.07, 6.45) is 2.59. The van der Waals surface area contributed by atoms with Gasteiger partial charge in [-0.05, 0) is 54.7 Å². The van der Waals surface area contributed by atoms with E-state index in [0.717, 1.165) is 28.2 Å². The molecule has 1 aliphatic rings. The van der Waals surface area contributed by atoms with Crippen LogP contribution in [-0.2, 0) is 11.3 Å². The molecular weight excluding hydrogens is 342 g/mol. The molecule has 3 nitrogen and oxygen atoms in total. The van der Waals surface area contributed by atoms with Gasteiger partial charge in [0.25, 0.3) is 5.91 Å². The number of hydrogen-bond acceptors (Lipinski definition) is 2. The van der Waals surface area contributed by atoms with Crippen molar-refractivity contribution in [3.8, 4) is 0 Å². The maximum atomic E-state index is 12.2. The summed E-state index contributed by atoms with van der Waals surface area (Å²) in [6.45, 7) is 1.44. The highest BCUT2D eigenvalue weighted by Gasteiger charge is 2.21. The minimum absolute atomic E-state index is 0.114. The minimum atomic E-state index is -0.114. The highest BCUT2D eigenvalue weighted by Crippen LogP contribution is 2.29. The molecule has 114 valence electrons. The first kappa shape index (κ1) is 15.3. The summed E-state index contributed by atoms with van der Waals surface area (Å²) < 4.78 is 6.58. The Morgan fingerprint density at radius 3 is 2.77 bits per heavy atom. The number of carbonyl (C=O) groups excluding carboxylic acids is 1. The van der Waals surface area contributed by atoms with Crippen LogP contribution in [0.1, 0.15) is 28.8 Å². The lowest BCUT2D eigenvalue weighted by molar-refractivity contribution is 0.102. The molecule has 0 atom stereocenters. The maximum Gasteiger partial charge on any atom is 0.255 e. The molecular formula is C18H18BrNO2. The average molecular weight is 360 g/mol. The van der Waals surface area contributed by atoms with E-state index in [2.05, 4.69) is 21.2 Å². The Morgan fingerprint density at radius 1 is 1.18 bits per heavy atom. The molecule has 0 heterocycles. The van der Waals surface area contributed by atoms with Gasteiger partial charge in [-0.1, -0.05) is 34.1 Å². The Morgan fingerprint density at radius 2 is 2.00 bits per heavy atom. The van der Waals surface area contributed by atoms with Crippen LogP contribution in [-0.4, -0.2) is 12.5 Å². The predicted octanol–water partition coefficient (Wildman–Crippen LogP) is 4.63. The van der Waals surface area contributed by atoms with Gasteiger partial charge in [0.2, 0.25) is 0 Å². The Labute approximate surface area is 138 Å². The SMILES string of the molecule is O=C(Nc1cccc(COCC2CC2)c1)c1cccc(Br)c1. The molecule has 0 spiro atoms. The van der Waals surface area contributed by atoms with Crippen LogP contribution >= 0.6 is 15.9 Å². The van der Waals surface area contributed by atoms with Gasteiger partial charge in [0.15, 0.2) is 0 Å². The topological polar surface area (TPSA) is 38.3 Å². The molecule has 0 aromatic heterocycles. The van der Waals surface area contributed by atoms with Gasteiger partial charge in [-0.15, -0.1) is 0 Å². The largest absolute Gasteiger partial charge is 0.376 e. The third kappa shape index (κ3) is 4.42. The number of ether oxygens (including phenoxy) is 1. The lowest BCUT2D eigenvalue weighted by Gasteiger charge is -2.08. The summed E-state index contributed by atoms with van der Waals surface area (Å²) >= 11 is 3.38. The number of benzene rings is 2. The Bertz CT molecular complexity index is 668. The standard InChI is InChI=1S/C18H18BrNO2/c19-16-5-2-4-15(10-16)18(21)20-17-6-1-3-14(9-17)12-22-11-13-7-8-13/h1-6,9-10,13H,7-8,11-12H2,(H,20,21). The zero-order valence-electron chi connectivity index (χ0n) is 12.2. The molecule has 4 heteroatoms. The van der Waals surface area contributed by atoms with E-state index in [1.54, 1.807) is 12.1 Å². The molecule has 0 aliphatic heterocycles. The normalized spacial score (nSPS) is 13.9. The number of rotatable bonds is 6. The number of carbonyl (C=O) groups is 1. The fourth-order valence-corrected chi connectivity index (χ4v) is 2.60. The summed E-state index contributed by atoms with van der Waals surface area (Å²) in [4.78, 5) is 12.2. The van der Waals surface area contributed by atoms with Crippen molar-refractivity contribution in [2.45, 2.75) is 19.4 Å². The predicted molar refractivity (Wildman–Crippen MR) is 90.9 cm³/mol. The minimum Gasteiger partial charge on any atom is -0.376 e. The first-order chi connectivity index (χ1) is 10.7. The van der Waals surface area contributed by atoms with Gasteiger partial charge in [0, 0.05) is 22.3 Å². The molecule has 22 heavy (non-hydrogen) atoms. The van der Waals surface area contributed by atoms with Gasteiger partial charge in [-0.2, -0.15) is 0 Å². The van der Waals surface area contributed by atoms with E-state index in [0.29, 0.717) is 12.2 Å². The monoisotopic (exact) mass is 359 g/mol. The second kappa shape index (κ2) is 7.07. The number of nitrogens with one attached hydrogen (secondary N) is 1. The van der Waals surface area contributed by atoms with Crippen molar-refractivity contribution in [3.05, 3.63) is 64.1 Å². The summed E-state index contributed by atoms with van der Waals surface area (Å²) in [5.74, 6) is 0.650. The molecule has 1 aliphatic carbocycles. The Balaban J connectivity index is 1.60. The van der Waals surface area contributed by atoms with Crippen molar-refractivity contribution in [1.29, 1.82) is 0 Å². The van der Waals surface area contributed by atoms with Gasteiger partial charge < -0.3 is 10.1 Å². The zero-order chi connectivity index (χ0) is 15.4. The van der Waals surface area contributed by atoms with E-state index in [1.165, 1.54) is 12.8 Å². The third-order valence-electron chi connectivity index (χ3n) is 3.59. The van der Waals surface area contributed by atoms with Crippen LogP contribution in [0.2, 0.25) is 0 Å².